The number of amides is 3. The van der Waals surface area contributed by atoms with Gasteiger partial charge in [0.25, 0.3) is 0 Å². The summed E-state index contributed by atoms with van der Waals surface area (Å²) in [4.78, 5) is 27.1. The molecular formula is C27H29F4N3O5. The molecule has 0 aromatic heterocycles. The summed E-state index contributed by atoms with van der Waals surface area (Å²) < 4.78 is 68.2. The topological polar surface area (TPSA) is 89.1 Å². The highest BCUT2D eigenvalue weighted by atomic mass is 19.4. The molecule has 3 amide bonds. The minimum absolute atomic E-state index is 0.136. The summed E-state index contributed by atoms with van der Waals surface area (Å²) in [6.07, 6.45) is -3.82. The van der Waals surface area contributed by atoms with Crippen LogP contribution < -0.4 is 20.1 Å². The van der Waals surface area contributed by atoms with Crippen LogP contribution in [0.15, 0.2) is 42.5 Å². The summed E-state index contributed by atoms with van der Waals surface area (Å²) in [7, 11) is 0. The number of halogens is 4. The van der Waals surface area contributed by atoms with Crippen LogP contribution in [0.4, 0.5) is 22.4 Å². The van der Waals surface area contributed by atoms with Crippen molar-refractivity contribution in [2.24, 2.45) is 0 Å². The molecule has 3 aliphatic rings. The molecule has 0 bridgehead atoms. The number of nitrogens with zero attached hydrogens (tertiary/aromatic N) is 1. The molecule has 8 nitrogen and oxygen atoms in total. The molecule has 2 aromatic rings. The second-order valence-electron chi connectivity index (χ2n) is 10.0. The molecule has 0 radical (unpaired) electrons. The van der Waals surface area contributed by atoms with Gasteiger partial charge in [-0.15, -0.1) is 13.2 Å². The molecule has 2 atom stereocenters. The number of alkyl halides is 3. The number of hydrogen-bond acceptors (Lipinski definition) is 5. The van der Waals surface area contributed by atoms with Crippen LogP contribution in [-0.4, -0.2) is 67.7 Å². The van der Waals surface area contributed by atoms with E-state index in [0.29, 0.717) is 44.8 Å². The summed E-state index contributed by atoms with van der Waals surface area (Å²) in [6, 6.07) is 9.60. The van der Waals surface area contributed by atoms with Crippen molar-refractivity contribution in [3.8, 4) is 11.5 Å². The van der Waals surface area contributed by atoms with Crippen molar-refractivity contribution in [1.82, 2.24) is 15.5 Å². The summed E-state index contributed by atoms with van der Waals surface area (Å²) in [5, 5.41) is 5.87. The number of benzene rings is 2. The molecule has 3 fully saturated rings. The van der Waals surface area contributed by atoms with Crippen molar-refractivity contribution in [2.45, 2.75) is 49.6 Å². The fourth-order valence-electron chi connectivity index (χ4n) is 5.62. The number of urea groups is 1. The third kappa shape index (κ3) is 6.21. The van der Waals surface area contributed by atoms with Gasteiger partial charge in [0.2, 0.25) is 5.91 Å². The van der Waals surface area contributed by atoms with Gasteiger partial charge >= 0.3 is 12.4 Å². The summed E-state index contributed by atoms with van der Waals surface area (Å²) in [5.74, 6) is -1.07. The Kier molecular flexibility index (Phi) is 7.57. The first-order valence-electron chi connectivity index (χ1n) is 12.8. The third-order valence-corrected chi connectivity index (χ3v) is 7.58. The van der Waals surface area contributed by atoms with Gasteiger partial charge in [-0.2, -0.15) is 0 Å². The minimum Gasteiger partial charge on any atom is -0.488 e. The standard InChI is InChI=1S/C27H29F4N3O5/c28-18-5-6-20(23(14-18)38-19-7-12-37-16-19)21-15-32-25(36)33-26(21)8-10-34(11-9-26)24(35)13-17-3-1-2-4-22(17)39-27(29,30)31/h1-6,14,19,21H,7-13,15-16H2,(H2,32,33,36)/t19-,21+/m1/s1. The molecule has 0 saturated carbocycles. The highest BCUT2D eigenvalue weighted by Crippen LogP contribution is 2.42. The van der Waals surface area contributed by atoms with Crippen LogP contribution in [0.5, 0.6) is 11.5 Å². The molecule has 1 spiro atoms. The SMILES string of the molecule is O=C1NC[C@@H](c2ccc(F)cc2O[C@@H]2CCOC2)C2(CCN(C(=O)Cc3ccccc3OC(F)(F)F)CC2)N1. The Morgan fingerprint density at radius 2 is 1.90 bits per heavy atom. The largest absolute Gasteiger partial charge is 0.573 e. The van der Waals surface area contributed by atoms with Gasteiger partial charge in [0, 0.05) is 49.2 Å². The van der Waals surface area contributed by atoms with Crippen LogP contribution in [0.2, 0.25) is 0 Å². The molecule has 3 saturated heterocycles. The Morgan fingerprint density at radius 3 is 2.62 bits per heavy atom. The van der Waals surface area contributed by atoms with Crippen LogP contribution in [0, 0.1) is 5.82 Å². The van der Waals surface area contributed by atoms with Crippen LogP contribution in [0.3, 0.4) is 0 Å². The normalized spacial score (nSPS) is 22.8. The van der Waals surface area contributed by atoms with E-state index in [9.17, 15) is 27.2 Å². The minimum atomic E-state index is -4.87. The van der Waals surface area contributed by atoms with Crippen molar-refractivity contribution in [3.63, 3.8) is 0 Å². The lowest BCUT2D eigenvalue weighted by Gasteiger charge is -2.50. The first kappa shape index (κ1) is 27.0. The summed E-state index contributed by atoms with van der Waals surface area (Å²) >= 11 is 0. The van der Waals surface area contributed by atoms with Gasteiger partial charge in [-0.3, -0.25) is 4.79 Å². The number of carbonyl (C=O) groups excluding carboxylic acids is 2. The fourth-order valence-corrected chi connectivity index (χ4v) is 5.62. The molecule has 210 valence electrons. The molecule has 5 rings (SSSR count). The van der Waals surface area contributed by atoms with E-state index in [0.717, 1.165) is 5.56 Å². The van der Waals surface area contributed by atoms with Gasteiger partial charge in [-0.1, -0.05) is 24.3 Å². The molecular weight excluding hydrogens is 522 g/mol. The van der Waals surface area contributed by atoms with Crippen molar-refractivity contribution in [1.29, 1.82) is 0 Å². The molecule has 0 unspecified atom stereocenters. The number of nitrogens with one attached hydrogen (secondary N) is 2. The van der Waals surface area contributed by atoms with Gasteiger partial charge in [0.05, 0.1) is 25.2 Å². The van der Waals surface area contributed by atoms with Crippen LogP contribution in [0.1, 0.15) is 36.3 Å². The molecule has 2 aromatic carbocycles. The van der Waals surface area contributed by atoms with E-state index in [1.165, 1.54) is 30.3 Å². The third-order valence-electron chi connectivity index (χ3n) is 7.58. The monoisotopic (exact) mass is 551 g/mol. The molecule has 0 aliphatic carbocycles. The van der Waals surface area contributed by atoms with Crippen molar-refractivity contribution < 1.29 is 41.4 Å². The lowest BCUT2D eigenvalue weighted by Crippen LogP contribution is -2.66. The highest BCUT2D eigenvalue weighted by Gasteiger charge is 2.47. The van der Waals surface area contributed by atoms with Gasteiger partial charge in [-0.25, -0.2) is 9.18 Å². The Bertz CT molecular complexity index is 1210. The molecule has 2 N–H and O–H groups in total. The fraction of sp³-hybridized carbons (Fsp3) is 0.481. The maximum Gasteiger partial charge on any atom is 0.573 e. The average Bonchev–Trinajstić information content (AvgIpc) is 3.39. The number of carbonyl (C=O) groups is 2. The van der Waals surface area contributed by atoms with E-state index in [-0.39, 0.29) is 49.0 Å². The van der Waals surface area contributed by atoms with E-state index < -0.39 is 23.5 Å². The van der Waals surface area contributed by atoms with Crippen LogP contribution >= 0.6 is 0 Å². The predicted octanol–water partition coefficient (Wildman–Crippen LogP) is 3.89. The Balaban J connectivity index is 1.32. The zero-order valence-corrected chi connectivity index (χ0v) is 21.1. The van der Waals surface area contributed by atoms with Crippen molar-refractivity contribution in [3.05, 3.63) is 59.4 Å². The second-order valence-corrected chi connectivity index (χ2v) is 10.0. The van der Waals surface area contributed by atoms with Gasteiger partial charge in [-0.05, 0) is 25.0 Å². The van der Waals surface area contributed by atoms with Crippen molar-refractivity contribution >= 4 is 11.9 Å². The van der Waals surface area contributed by atoms with Gasteiger partial charge in [0.1, 0.15) is 23.4 Å². The Morgan fingerprint density at radius 1 is 1.13 bits per heavy atom. The average molecular weight is 552 g/mol. The maximum atomic E-state index is 14.2. The van der Waals surface area contributed by atoms with Crippen LogP contribution in [0.25, 0.3) is 0 Å². The van der Waals surface area contributed by atoms with Gasteiger partial charge in [0.15, 0.2) is 0 Å². The first-order valence-corrected chi connectivity index (χ1v) is 12.8. The molecule has 3 aliphatic heterocycles. The number of ether oxygens (including phenoxy) is 3. The number of likely N-dealkylation sites (tertiary alicyclic amines) is 1. The molecule has 3 heterocycles. The van der Waals surface area contributed by atoms with Crippen LogP contribution in [-0.2, 0) is 16.0 Å². The van der Waals surface area contributed by atoms with E-state index >= 15 is 0 Å². The van der Waals surface area contributed by atoms with E-state index in [1.54, 1.807) is 17.0 Å². The smallest absolute Gasteiger partial charge is 0.488 e. The number of rotatable bonds is 6. The summed E-state index contributed by atoms with van der Waals surface area (Å²) in [6.45, 7) is 1.84. The summed E-state index contributed by atoms with van der Waals surface area (Å²) in [5.41, 5.74) is 0.157. The Labute approximate surface area is 222 Å². The zero-order valence-electron chi connectivity index (χ0n) is 21.1. The highest BCUT2D eigenvalue weighted by molar-refractivity contribution is 5.80. The second kappa shape index (κ2) is 10.9. The Hall–Kier alpha value is -3.54. The number of piperidine rings is 1. The lowest BCUT2D eigenvalue weighted by atomic mass is 9.71. The first-order chi connectivity index (χ1) is 18.6. The van der Waals surface area contributed by atoms with E-state index in [4.69, 9.17) is 9.47 Å². The predicted molar refractivity (Wildman–Crippen MR) is 131 cm³/mol. The quantitative estimate of drug-likeness (QED) is 0.532. The number of para-hydroxylation sites is 1. The van der Waals surface area contributed by atoms with E-state index in [1.807, 2.05) is 0 Å². The van der Waals surface area contributed by atoms with E-state index in [2.05, 4.69) is 15.4 Å². The van der Waals surface area contributed by atoms with Crippen molar-refractivity contribution in [2.75, 3.05) is 32.8 Å². The zero-order chi connectivity index (χ0) is 27.6. The number of hydrogen-bond donors (Lipinski definition) is 2. The van der Waals surface area contributed by atoms with Gasteiger partial charge < -0.3 is 29.7 Å². The maximum absolute atomic E-state index is 14.2. The molecule has 12 heteroatoms. The lowest BCUT2D eigenvalue weighted by molar-refractivity contribution is -0.274. The molecule has 39 heavy (non-hydrogen) atoms.